The van der Waals surface area contributed by atoms with E-state index in [0.717, 1.165) is 16.0 Å². The molecule has 0 bridgehead atoms. The van der Waals surface area contributed by atoms with E-state index in [9.17, 15) is 9.90 Å². The Labute approximate surface area is 111 Å². The molecule has 0 unspecified atom stereocenters. The Kier molecular flexibility index (Phi) is 3.39. The largest absolute Gasteiger partial charge is 0.508 e. The number of thioether (sulfide) groups is 1. The summed E-state index contributed by atoms with van der Waals surface area (Å²) in [6, 6.07) is 5.45. The van der Waals surface area contributed by atoms with Crippen molar-refractivity contribution in [2.45, 2.75) is 26.2 Å². The smallest absolute Gasteiger partial charge is 0.258 e. The van der Waals surface area contributed by atoms with Crippen molar-refractivity contribution < 1.29 is 9.90 Å². The lowest BCUT2D eigenvalue weighted by Gasteiger charge is -2.20. The van der Waals surface area contributed by atoms with Crippen LogP contribution >= 0.6 is 11.8 Å². The third-order valence-corrected chi connectivity index (χ3v) is 3.71. The first-order valence-electron chi connectivity index (χ1n) is 5.84. The van der Waals surface area contributed by atoms with Crippen molar-refractivity contribution in [3.8, 4) is 5.75 Å². The standard InChI is InChI=1S/C14H17NO2S/c1-14(2,3)10-6-9(4-5-11(10)16)7-12-13(17)15-8-18-12/h4-7,16H,8H2,1-3H3,(H,15,17)/b12-7-. The Hall–Kier alpha value is -1.42. The first kappa shape index (κ1) is 13.0. The SMILES string of the molecule is CC(C)(C)c1cc(/C=C2\SCNC2=O)ccc1O. The van der Waals surface area contributed by atoms with Crippen LogP contribution in [0.4, 0.5) is 0 Å². The maximum atomic E-state index is 11.5. The molecule has 2 rings (SSSR count). The number of carbonyl (C=O) groups excluding carboxylic acids is 1. The highest BCUT2D eigenvalue weighted by molar-refractivity contribution is 8.04. The van der Waals surface area contributed by atoms with Crippen molar-refractivity contribution in [3.63, 3.8) is 0 Å². The Morgan fingerprint density at radius 2 is 2.11 bits per heavy atom. The Bertz CT molecular complexity index is 515. The van der Waals surface area contributed by atoms with Gasteiger partial charge in [0.05, 0.1) is 10.8 Å². The topological polar surface area (TPSA) is 49.3 Å². The minimum atomic E-state index is -0.121. The molecule has 0 aliphatic carbocycles. The third kappa shape index (κ3) is 2.70. The maximum absolute atomic E-state index is 11.5. The second-order valence-corrected chi connectivity index (χ2v) is 6.35. The van der Waals surface area contributed by atoms with Crippen LogP contribution in [0.1, 0.15) is 31.9 Å². The lowest BCUT2D eigenvalue weighted by atomic mass is 9.85. The van der Waals surface area contributed by atoms with Gasteiger partial charge in [0.2, 0.25) is 0 Å². The number of benzene rings is 1. The molecule has 0 spiro atoms. The molecule has 1 saturated heterocycles. The zero-order chi connectivity index (χ0) is 13.3. The van der Waals surface area contributed by atoms with Crippen molar-refractivity contribution in [2.24, 2.45) is 0 Å². The minimum absolute atomic E-state index is 0.0228. The van der Waals surface area contributed by atoms with Gasteiger partial charge in [-0.15, -0.1) is 0 Å². The summed E-state index contributed by atoms with van der Waals surface area (Å²) in [5, 5.41) is 12.6. The Balaban J connectivity index is 2.39. The molecule has 2 N–H and O–H groups in total. The normalized spacial score (nSPS) is 18.2. The fourth-order valence-electron chi connectivity index (χ4n) is 1.83. The number of phenols is 1. The van der Waals surface area contributed by atoms with Crippen molar-refractivity contribution in [1.82, 2.24) is 5.32 Å². The predicted molar refractivity (Wildman–Crippen MR) is 75.4 cm³/mol. The molecule has 3 nitrogen and oxygen atoms in total. The second-order valence-electron chi connectivity index (χ2n) is 5.33. The van der Waals surface area contributed by atoms with Gasteiger partial charge in [0.1, 0.15) is 5.75 Å². The molecule has 1 aromatic carbocycles. The van der Waals surface area contributed by atoms with Crippen LogP contribution in [-0.4, -0.2) is 16.9 Å². The molecular formula is C14H17NO2S. The van der Waals surface area contributed by atoms with E-state index < -0.39 is 0 Å². The zero-order valence-corrected chi connectivity index (χ0v) is 11.6. The number of hydrogen-bond acceptors (Lipinski definition) is 3. The van der Waals surface area contributed by atoms with Gasteiger partial charge < -0.3 is 10.4 Å². The number of hydrogen-bond donors (Lipinski definition) is 2. The maximum Gasteiger partial charge on any atom is 0.258 e. The van der Waals surface area contributed by atoms with Crippen molar-refractivity contribution >= 4 is 23.7 Å². The summed E-state index contributed by atoms with van der Waals surface area (Å²) in [6.07, 6.45) is 1.86. The van der Waals surface area contributed by atoms with Gasteiger partial charge in [-0.1, -0.05) is 38.6 Å². The summed E-state index contributed by atoms with van der Waals surface area (Å²) < 4.78 is 0. The summed E-state index contributed by atoms with van der Waals surface area (Å²) in [5.41, 5.74) is 1.71. The molecular weight excluding hydrogens is 246 g/mol. The zero-order valence-electron chi connectivity index (χ0n) is 10.8. The van der Waals surface area contributed by atoms with Crippen LogP contribution in [0.25, 0.3) is 6.08 Å². The minimum Gasteiger partial charge on any atom is -0.508 e. The van der Waals surface area contributed by atoms with Crippen molar-refractivity contribution in [1.29, 1.82) is 0 Å². The highest BCUT2D eigenvalue weighted by Crippen LogP contribution is 2.32. The molecule has 1 aliphatic rings. The number of nitrogens with one attached hydrogen (secondary N) is 1. The summed E-state index contributed by atoms with van der Waals surface area (Å²) in [7, 11) is 0. The number of rotatable bonds is 1. The van der Waals surface area contributed by atoms with E-state index in [1.54, 1.807) is 6.07 Å². The lowest BCUT2D eigenvalue weighted by Crippen LogP contribution is -2.14. The summed E-state index contributed by atoms with van der Waals surface area (Å²) in [6.45, 7) is 6.15. The van der Waals surface area contributed by atoms with Crippen LogP contribution in [-0.2, 0) is 10.2 Å². The average molecular weight is 263 g/mol. The average Bonchev–Trinajstić information content (AvgIpc) is 2.66. The molecule has 1 aliphatic heterocycles. The van der Waals surface area contributed by atoms with Gasteiger partial charge in [-0.25, -0.2) is 0 Å². The first-order chi connectivity index (χ1) is 8.38. The molecule has 1 amide bonds. The van der Waals surface area contributed by atoms with Crippen molar-refractivity contribution in [2.75, 3.05) is 5.88 Å². The number of aromatic hydroxyl groups is 1. The van der Waals surface area contributed by atoms with Gasteiger partial charge in [0.15, 0.2) is 0 Å². The van der Waals surface area contributed by atoms with E-state index >= 15 is 0 Å². The molecule has 0 aromatic heterocycles. The molecule has 1 heterocycles. The van der Waals surface area contributed by atoms with E-state index in [4.69, 9.17) is 0 Å². The summed E-state index contributed by atoms with van der Waals surface area (Å²) in [5.74, 6) is 0.910. The van der Waals surface area contributed by atoms with Gasteiger partial charge in [-0.2, -0.15) is 0 Å². The van der Waals surface area contributed by atoms with E-state index in [2.05, 4.69) is 26.1 Å². The van der Waals surface area contributed by atoms with E-state index in [1.165, 1.54) is 11.8 Å². The quantitative estimate of drug-likeness (QED) is 0.766. The first-order valence-corrected chi connectivity index (χ1v) is 6.83. The fourth-order valence-corrected chi connectivity index (χ4v) is 2.62. The van der Waals surface area contributed by atoms with E-state index in [-0.39, 0.29) is 11.3 Å². The lowest BCUT2D eigenvalue weighted by molar-refractivity contribution is -0.116. The van der Waals surface area contributed by atoms with Crippen LogP contribution in [0, 0.1) is 0 Å². The van der Waals surface area contributed by atoms with Gasteiger partial charge in [0, 0.05) is 0 Å². The van der Waals surface area contributed by atoms with Gasteiger partial charge in [-0.05, 0) is 34.8 Å². The second kappa shape index (κ2) is 4.69. The predicted octanol–water partition coefficient (Wildman–Crippen LogP) is 2.85. The van der Waals surface area contributed by atoms with Crippen LogP contribution < -0.4 is 5.32 Å². The summed E-state index contributed by atoms with van der Waals surface area (Å²) >= 11 is 1.50. The fraction of sp³-hybridized carbons (Fsp3) is 0.357. The molecule has 4 heteroatoms. The molecule has 96 valence electrons. The van der Waals surface area contributed by atoms with Crippen LogP contribution in [0.2, 0.25) is 0 Å². The molecule has 18 heavy (non-hydrogen) atoms. The molecule has 1 aromatic rings. The Morgan fingerprint density at radius 1 is 1.39 bits per heavy atom. The van der Waals surface area contributed by atoms with Crippen LogP contribution in [0.5, 0.6) is 5.75 Å². The molecule has 0 saturated carbocycles. The molecule has 0 atom stereocenters. The van der Waals surface area contributed by atoms with Crippen LogP contribution in [0.3, 0.4) is 0 Å². The molecule has 0 radical (unpaired) electrons. The highest BCUT2D eigenvalue weighted by Gasteiger charge is 2.20. The van der Waals surface area contributed by atoms with E-state index in [0.29, 0.717) is 11.6 Å². The van der Waals surface area contributed by atoms with Crippen LogP contribution in [0.15, 0.2) is 23.1 Å². The van der Waals surface area contributed by atoms with E-state index in [1.807, 2.05) is 18.2 Å². The van der Waals surface area contributed by atoms with Gasteiger partial charge >= 0.3 is 0 Å². The number of carbonyl (C=O) groups is 1. The highest BCUT2D eigenvalue weighted by atomic mass is 32.2. The van der Waals surface area contributed by atoms with Crippen molar-refractivity contribution in [3.05, 3.63) is 34.2 Å². The number of phenolic OH excluding ortho intramolecular Hbond substituents is 1. The van der Waals surface area contributed by atoms with Gasteiger partial charge in [0.25, 0.3) is 5.91 Å². The number of amides is 1. The third-order valence-electron chi connectivity index (χ3n) is 2.81. The monoisotopic (exact) mass is 263 g/mol. The molecule has 1 fully saturated rings. The Morgan fingerprint density at radius 3 is 2.67 bits per heavy atom. The summed E-state index contributed by atoms with van der Waals surface area (Å²) in [4.78, 5) is 12.2. The van der Waals surface area contributed by atoms with Gasteiger partial charge in [-0.3, -0.25) is 4.79 Å².